The number of nitrogens with one attached hydrogen (secondary N) is 1. The third-order valence-electron chi connectivity index (χ3n) is 3.54. The molecule has 0 radical (unpaired) electrons. The van der Waals surface area contributed by atoms with Gasteiger partial charge in [0.1, 0.15) is 6.61 Å². The van der Waals surface area contributed by atoms with Gasteiger partial charge in [-0.3, -0.25) is 4.90 Å². The molecular formula is C14H21Cl3N2O. The lowest BCUT2D eigenvalue weighted by molar-refractivity contribution is 0.165. The predicted molar refractivity (Wildman–Crippen MR) is 87.7 cm³/mol. The van der Waals surface area contributed by atoms with Crippen molar-refractivity contribution in [3.8, 4) is 5.75 Å². The van der Waals surface area contributed by atoms with Crippen LogP contribution in [-0.2, 0) is 0 Å². The van der Waals surface area contributed by atoms with E-state index in [4.69, 9.17) is 27.9 Å². The molecule has 3 nitrogen and oxygen atoms in total. The molecule has 1 aromatic carbocycles. The van der Waals surface area contributed by atoms with Crippen molar-refractivity contribution in [1.29, 1.82) is 0 Å². The highest BCUT2D eigenvalue weighted by Crippen LogP contribution is 2.32. The molecule has 2 rings (SSSR count). The Hall–Kier alpha value is -0.190. The van der Waals surface area contributed by atoms with Crippen LogP contribution in [0.3, 0.4) is 0 Å². The third kappa shape index (κ3) is 4.97. The molecule has 0 unspecified atom stereocenters. The van der Waals surface area contributed by atoms with Gasteiger partial charge in [0, 0.05) is 12.6 Å². The molecule has 0 bridgehead atoms. The van der Waals surface area contributed by atoms with Crippen LogP contribution < -0.4 is 10.1 Å². The van der Waals surface area contributed by atoms with Gasteiger partial charge in [-0.2, -0.15) is 0 Å². The van der Waals surface area contributed by atoms with Gasteiger partial charge in [0.05, 0.1) is 10.0 Å². The van der Waals surface area contributed by atoms with Crippen molar-refractivity contribution >= 4 is 35.6 Å². The molecule has 1 saturated heterocycles. The van der Waals surface area contributed by atoms with Crippen LogP contribution in [0.5, 0.6) is 5.75 Å². The molecule has 1 aliphatic heterocycles. The molecule has 0 atom stereocenters. The van der Waals surface area contributed by atoms with Gasteiger partial charge in [-0.25, -0.2) is 0 Å². The number of halogens is 3. The molecule has 6 heteroatoms. The molecule has 1 fully saturated rings. The van der Waals surface area contributed by atoms with Gasteiger partial charge in [0.15, 0.2) is 5.75 Å². The second kappa shape index (κ2) is 8.96. The summed E-state index contributed by atoms with van der Waals surface area (Å²) in [4.78, 5) is 2.35. The van der Waals surface area contributed by atoms with E-state index in [1.165, 1.54) is 12.8 Å². The van der Waals surface area contributed by atoms with E-state index >= 15 is 0 Å². The minimum absolute atomic E-state index is 0. The van der Waals surface area contributed by atoms with Gasteiger partial charge < -0.3 is 10.1 Å². The normalized spacial score (nSPS) is 16.0. The second-order valence-corrected chi connectivity index (χ2v) is 5.68. The van der Waals surface area contributed by atoms with Crippen LogP contribution in [-0.4, -0.2) is 44.2 Å². The Morgan fingerprint density at radius 1 is 1.25 bits per heavy atom. The molecule has 114 valence electrons. The van der Waals surface area contributed by atoms with Crippen molar-refractivity contribution < 1.29 is 4.74 Å². The summed E-state index contributed by atoms with van der Waals surface area (Å²) in [7, 11) is 2.15. The number of hydrogen-bond acceptors (Lipinski definition) is 3. The van der Waals surface area contributed by atoms with E-state index in [0.29, 0.717) is 28.4 Å². The Balaban J connectivity index is 0.00000200. The highest BCUT2D eigenvalue weighted by molar-refractivity contribution is 6.37. The number of rotatable bonds is 5. The molecule has 0 amide bonds. The summed E-state index contributed by atoms with van der Waals surface area (Å²) in [6.45, 7) is 3.69. The zero-order chi connectivity index (χ0) is 13.7. The highest BCUT2D eigenvalue weighted by atomic mass is 35.5. The third-order valence-corrected chi connectivity index (χ3v) is 4.14. The van der Waals surface area contributed by atoms with Crippen LogP contribution in [0.25, 0.3) is 0 Å². The molecule has 1 N–H and O–H groups in total. The Bertz CT molecular complexity index is 391. The van der Waals surface area contributed by atoms with Crippen LogP contribution in [0.15, 0.2) is 18.2 Å². The molecular weight excluding hydrogens is 319 g/mol. The smallest absolute Gasteiger partial charge is 0.156 e. The average molecular weight is 340 g/mol. The van der Waals surface area contributed by atoms with Gasteiger partial charge in [0.25, 0.3) is 0 Å². The number of piperidine rings is 1. The predicted octanol–water partition coefficient (Wildman–Crippen LogP) is 3.48. The minimum atomic E-state index is 0. The maximum Gasteiger partial charge on any atom is 0.156 e. The number of hydrogen-bond donors (Lipinski definition) is 1. The summed E-state index contributed by atoms with van der Waals surface area (Å²) in [5.74, 6) is 0.588. The van der Waals surface area contributed by atoms with Gasteiger partial charge in [0.2, 0.25) is 0 Å². The van der Waals surface area contributed by atoms with Crippen molar-refractivity contribution in [2.24, 2.45) is 0 Å². The zero-order valence-corrected chi connectivity index (χ0v) is 13.9. The standard InChI is InChI=1S/C14H20Cl2N2O.ClH/c1-18(11-5-7-17-8-6-11)9-10-19-14-12(15)3-2-4-13(14)16;/h2-4,11,17H,5-10H2,1H3;1H. The zero-order valence-electron chi connectivity index (χ0n) is 11.6. The van der Waals surface area contributed by atoms with Gasteiger partial charge in [-0.1, -0.05) is 29.3 Å². The van der Waals surface area contributed by atoms with E-state index in [-0.39, 0.29) is 12.4 Å². The Labute approximate surface area is 137 Å². The quantitative estimate of drug-likeness (QED) is 0.889. The first-order valence-electron chi connectivity index (χ1n) is 6.66. The Morgan fingerprint density at radius 3 is 2.45 bits per heavy atom. The van der Waals surface area contributed by atoms with Crippen LogP contribution in [0.2, 0.25) is 10.0 Å². The summed E-state index contributed by atoms with van der Waals surface area (Å²) < 4.78 is 5.71. The lowest BCUT2D eigenvalue weighted by atomic mass is 10.1. The van der Waals surface area contributed by atoms with Crippen molar-refractivity contribution in [3.63, 3.8) is 0 Å². The number of para-hydroxylation sites is 1. The summed E-state index contributed by atoms with van der Waals surface area (Å²) in [6.07, 6.45) is 2.40. The number of ether oxygens (including phenoxy) is 1. The molecule has 1 aromatic rings. The summed E-state index contributed by atoms with van der Waals surface area (Å²) in [5.41, 5.74) is 0. The molecule has 0 aliphatic carbocycles. The van der Waals surface area contributed by atoms with E-state index in [9.17, 15) is 0 Å². The first kappa shape index (κ1) is 17.9. The van der Waals surface area contributed by atoms with Crippen molar-refractivity contribution in [1.82, 2.24) is 10.2 Å². The molecule has 0 spiro atoms. The van der Waals surface area contributed by atoms with Crippen molar-refractivity contribution in [3.05, 3.63) is 28.2 Å². The van der Waals surface area contributed by atoms with Crippen molar-refractivity contribution in [2.75, 3.05) is 33.3 Å². The summed E-state index contributed by atoms with van der Waals surface area (Å²) in [6, 6.07) is 6.05. The SMILES string of the molecule is CN(CCOc1c(Cl)cccc1Cl)C1CCNCC1.Cl. The molecule has 0 saturated carbocycles. The minimum Gasteiger partial charge on any atom is -0.489 e. The monoisotopic (exact) mass is 338 g/mol. The number of nitrogens with zero attached hydrogens (tertiary/aromatic N) is 1. The average Bonchev–Trinajstić information content (AvgIpc) is 2.43. The second-order valence-electron chi connectivity index (χ2n) is 4.86. The lowest BCUT2D eigenvalue weighted by Gasteiger charge is -2.31. The van der Waals surface area contributed by atoms with Crippen LogP contribution in [0, 0.1) is 0 Å². The molecule has 1 aliphatic rings. The van der Waals surface area contributed by atoms with E-state index in [2.05, 4.69) is 17.3 Å². The largest absolute Gasteiger partial charge is 0.489 e. The van der Waals surface area contributed by atoms with Gasteiger partial charge in [-0.15, -0.1) is 12.4 Å². The molecule has 1 heterocycles. The maximum atomic E-state index is 6.06. The molecule has 20 heavy (non-hydrogen) atoms. The van der Waals surface area contributed by atoms with Gasteiger partial charge >= 0.3 is 0 Å². The van der Waals surface area contributed by atoms with Crippen LogP contribution in [0.1, 0.15) is 12.8 Å². The van der Waals surface area contributed by atoms with Gasteiger partial charge in [-0.05, 0) is 45.1 Å². The fraction of sp³-hybridized carbons (Fsp3) is 0.571. The Kier molecular flexibility index (Phi) is 8.00. The topological polar surface area (TPSA) is 24.5 Å². The summed E-state index contributed by atoms with van der Waals surface area (Å²) >= 11 is 12.1. The first-order valence-corrected chi connectivity index (χ1v) is 7.42. The number of likely N-dealkylation sites (N-methyl/N-ethyl adjacent to an activating group) is 1. The fourth-order valence-electron chi connectivity index (χ4n) is 2.34. The molecule has 0 aromatic heterocycles. The van der Waals surface area contributed by atoms with E-state index < -0.39 is 0 Å². The van der Waals surface area contributed by atoms with Crippen molar-refractivity contribution in [2.45, 2.75) is 18.9 Å². The van der Waals surface area contributed by atoms with Crippen LogP contribution in [0.4, 0.5) is 0 Å². The first-order chi connectivity index (χ1) is 9.18. The van der Waals surface area contributed by atoms with Crippen LogP contribution >= 0.6 is 35.6 Å². The highest BCUT2D eigenvalue weighted by Gasteiger charge is 2.17. The number of benzene rings is 1. The fourth-order valence-corrected chi connectivity index (χ4v) is 2.85. The maximum absolute atomic E-state index is 6.06. The summed E-state index contributed by atoms with van der Waals surface area (Å²) in [5, 5.41) is 4.51. The van der Waals surface area contributed by atoms with E-state index in [1.807, 2.05) is 6.07 Å². The lowest BCUT2D eigenvalue weighted by Crippen LogP contribution is -2.42. The Morgan fingerprint density at radius 2 is 1.85 bits per heavy atom. The van der Waals surface area contributed by atoms with E-state index in [1.54, 1.807) is 12.1 Å². The van der Waals surface area contributed by atoms with E-state index in [0.717, 1.165) is 19.6 Å².